The van der Waals surface area contributed by atoms with Crippen LogP contribution in [0.5, 0.6) is 0 Å². The van der Waals surface area contributed by atoms with Gasteiger partial charge in [0.2, 0.25) is 5.91 Å². The highest BCUT2D eigenvalue weighted by atomic mass is 16.5. The molecule has 1 aliphatic rings. The zero-order chi connectivity index (χ0) is 18.7. The van der Waals surface area contributed by atoms with Gasteiger partial charge in [-0.2, -0.15) is 0 Å². The van der Waals surface area contributed by atoms with Gasteiger partial charge in [0, 0.05) is 12.0 Å². The van der Waals surface area contributed by atoms with E-state index in [2.05, 4.69) is 11.4 Å². The van der Waals surface area contributed by atoms with Crippen molar-refractivity contribution in [2.75, 3.05) is 0 Å². The maximum absolute atomic E-state index is 12.8. The van der Waals surface area contributed by atoms with Crippen molar-refractivity contribution >= 4 is 11.9 Å². The molecule has 0 radical (unpaired) electrons. The van der Waals surface area contributed by atoms with Crippen molar-refractivity contribution in [1.29, 1.82) is 0 Å². The summed E-state index contributed by atoms with van der Waals surface area (Å²) in [4.78, 5) is 25.2. The van der Waals surface area contributed by atoms with E-state index in [0.29, 0.717) is 0 Å². The smallest absolute Gasteiger partial charge is 0.312 e. The predicted octanol–water partition coefficient (Wildman–Crippen LogP) is 4.21. The average Bonchev–Trinajstić information content (AvgIpc) is 2.91. The minimum Gasteiger partial charge on any atom is -0.460 e. The molecule has 1 aromatic rings. The van der Waals surface area contributed by atoms with Gasteiger partial charge >= 0.3 is 5.97 Å². The lowest BCUT2D eigenvalue weighted by molar-refractivity contribution is -0.159. The Labute approximate surface area is 151 Å². The lowest BCUT2D eigenvalue weighted by Crippen LogP contribution is -2.44. The van der Waals surface area contributed by atoms with Crippen LogP contribution < -0.4 is 5.32 Å². The van der Waals surface area contributed by atoms with E-state index in [1.165, 1.54) is 0 Å². The van der Waals surface area contributed by atoms with Crippen LogP contribution in [0, 0.1) is 19.3 Å². The van der Waals surface area contributed by atoms with Gasteiger partial charge in [-0.3, -0.25) is 9.59 Å². The highest BCUT2D eigenvalue weighted by molar-refractivity contribution is 5.86. The molecule has 1 N–H and O–H groups in total. The van der Waals surface area contributed by atoms with Crippen LogP contribution in [0.4, 0.5) is 0 Å². The molecule has 1 saturated carbocycles. The summed E-state index contributed by atoms with van der Waals surface area (Å²) in [5.41, 5.74) is 2.36. The second-order valence-corrected chi connectivity index (χ2v) is 8.53. The molecular weight excluding hydrogens is 314 g/mol. The van der Waals surface area contributed by atoms with Crippen molar-refractivity contribution in [1.82, 2.24) is 5.32 Å². The first kappa shape index (κ1) is 19.5. The molecule has 0 heterocycles. The van der Waals surface area contributed by atoms with Crippen molar-refractivity contribution in [2.45, 2.75) is 78.9 Å². The number of carbonyl (C=O) groups is 2. The molecule has 0 unspecified atom stereocenters. The quantitative estimate of drug-likeness (QED) is 0.813. The van der Waals surface area contributed by atoms with E-state index in [1.807, 2.05) is 46.8 Å². The Hall–Kier alpha value is -1.84. The number of hydrogen-bond acceptors (Lipinski definition) is 3. The standard InChI is InChI=1S/C21H31NO3/c1-15-10-16(2)12-17(11-15)14-25-19(24)21(8-6-7-9-21)13-18(23)22-20(3,4)5/h10-12H,6-9,13-14H2,1-5H3,(H,22,23). The summed E-state index contributed by atoms with van der Waals surface area (Å²) in [7, 11) is 0. The zero-order valence-corrected chi connectivity index (χ0v) is 16.2. The number of esters is 1. The van der Waals surface area contributed by atoms with Gasteiger partial charge in [-0.05, 0) is 53.0 Å². The number of hydrogen-bond donors (Lipinski definition) is 1. The molecule has 1 aromatic carbocycles. The fraction of sp³-hybridized carbons (Fsp3) is 0.619. The normalized spacial score (nSPS) is 16.5. The molecule has 0 saturated heterocycles. The van der Waals surface area contributed by atoms with Gasteiger partial charge < -0.3 is 10.1 Å². The Morgan fingerprint density at radius 1 is 1.08 bits per heavy atom. The van der Waals surface area contributed by atoms with Gasteiger partial charge in [-0.1, -0.05) is 42.2 Å². The molecule has 0 atom stereocenters. The number of nitrogens with one attached hydrogen (secondary N) is 1. The van der Waals surface area contributed by atoms with E-state index < -0.39 is 5.41 Å². The van der Waals surface area contributed by atoms with Crippen LogP contribution in [0.3, 0.4) is 0 Å². The van der Waals surface area contributed by atoms with Gasteiger partial charge in [0.05, 0.1) is 5.41 Å². The second-order valence-electron chi connectivity index (χ2n) is 8.53. The van der Waals surface area contributed by atoms with Crippen molar-refractivity contribution < 1.29 is 14.3 Å². The topological polar surface area (TPSA) is 55.4 Å². The third-order valence-corrected chi connectivity index (χ3v) is 4.66. The summed E-state index contributed by atoms with van der Waals surface area (Å²) in [5.74, 6) is -0.300. The Morgan fingerprint density at radius 2 is 1.64 bits per heavy atom. The van der Waals surface area contributed by atoms with E-state index in [4.69, 9.17) is 4.74 Å². The molecule has 1 aliphatic carbocycles. The molecule has 25 heavy (non-hydrogen) atoms. The first-order valence-corrected chi connectivity index (χ1v) is 9.15. The summed E-state index contributed by atoms with van der Waals surface area (Å²) in [6.07, 6.45) is 3.63. The van der Waals surface area contributed by atoms with Gasteiger partial charge in [-0.15, -0.1) is 0 Å². The van der Waals surface area contributed by atoms with Crippen LogP contribution in [0.15, 0.2) is 18.2 Å². The summed E-state index contributed by atoms with van der Waals surface area (Å²) in [6.45, 7) is 10.2. The number of benzene rings is 1. The van der Waals surface area contributed by atoms with Crippen molar-refractivity contribution in [2.24, 2.45) is 5.41 Å². The molecule has 0 spiro atoms. The van der Waals surface area contributed by atoms with Crippen LogP contribution in [-0.4, -0.2) is 17.4 Å². The maximum atomic E-state index is 12.8. The minimum atomic E-state index is -0.659. The molecule has 1 fully saturated rings. The maximum Gasteiger partial charge on any atom is 0.312 e. The third kappa shape index (κ3) is 5.58. The zero-order valence-electron chi connectivity index (χ0n) is 16.2. The highest BCUT2D eigenvalue weighted by Gasteiger charge is 2.44. The molecule has 4 nitrogen and oxygen atoms in total. The lowest BCUT2D eigenvalue weighted by Gasteiger charge is -2.28. The van der Waals surface area contributed by atoms with Crippen LogP contribution in [0.2, 0.25) is 0 Å². The van der Waals surface area contributed by atoms with E-state index in [9.17, 15) is 9.59 Å². The molecule has 2 rings (SSSR count). The Morgan fingerprint density at radius 3 is 2.16 bits per heavy atom. The Bertz CT molecular complexity index is 617. The van der Waals surface area contributed by atoms with Crippen LogP contribution in [0.25, 0.3) is 0 Å². The average molecular weight is 345 g/mol. The number of amides is 1. The SMILES string of the molecule is Cc1cc(C)cc(COC(=O)C2(CC(=O)NC(C)(C)C)CCCC2)c1. The van der Waals surface area contributed by atoms with Crippen LogP contribution in [0.1, 0.15) is 69.6 Å². The predicted molar refractivity (Wildman–Crippen MR) is 99.1 cm³/mol. The van der Waals surface area contributed by atoms with E-state index >= 15 is 0 Å². The molecule has 1 amide bonds. The fourth-order valence-electron chi connectivity index (χ4n) is 3.73. The van der Waals surface area contributed by atoms with Gasteiger partial charge in [0.1, 0.15) is 6.61 Å². The van der Waals surface area contributed by atoms with Gasteiger partial charge in [0.25, 0.3) is 0 Å². The number of rotatable bonds is 5. The second kappa shape index (κ2) is 7.59. The van der Waals surface area contributed by atoms with E-state index in [-0.39, 0.29) is 30.4 Å². The van der Waals surface area contributed by atoms with Gasteiger partial charge in [-0.25, -0.2) is 0 Å². The minimum absolute atomic E-state index is 0.0715. The van der Waals surface area contributed by atoms with Gasteiger partial charge in [0.15, 0.2) is 0 Å². The number of ether oxygens (including phenoxy) is 1. The van der Waals surface area contributed by atoms with Crippen LogP contribution in [-0.2, 0) is 20.9 Å². The summed E-state index contributed by atoms with van der Waals surface area (Å²) in [6, 6.07) is 6.17. The van der Waals surface area contributed by atoms with E-state index in [0.717, 1.165) is 42.4 Å². The molecule has 0 aliphatic heterocycles. The summed E-state index contributed by atoms with van der Waals surface area (Å²) < 4.78 is 5.64. The molecule has 4 heteroatoms. The number of carbonyl (C=O) groups excluding carboxylic acids is 2. The molecule has 0 bridgehead atoms. The summed E-state index contributed by atoms with van der Waals surface area (Å²) in [5, 5.41) is 2.97. The molecular formula is C21H31NO3. The summed E-state index contributed by atoms with van der Waals surface area (Å²) >= 11 is 0. The van der Waals surface area contributed by atoms with Crippen molar-refractivity contribution in [3.05, 3.63) is 34.9 Å². The first-order valence-electron chi connectivity index (χ1n) is 9.15. The monoisotopic (exact) mass is 345 g/mol. The van der Waals surface area contributed by atoms with Crippen LogP contribution >= 0.6 is 0 Å². The fourth-order valence-corrected chi connectivity index (χ4v) is 3.73. The molecule has 0 aromatic heterocycles. The third-order valence-electron chi connectivity index (χ3n) is 4.66. The van der Waals surface area contributed by atoms with Crippen molar-refractivity contribution in [3.63, 3.8) is 0 Å². The number of aryl methyl sites for hydroxylation is 2. The van der Waals surface area contributed by atoms with E-state index in [1.54, 1.807) is 0 Å². The molecule has 138 valence electrons. The first-order chi connectivity index (χ1) is 11.6. The Kier molecular flexibility index (Phi) is 5.91. The largest absolute Gasteiger partial charge is 0.460 e. The Balaban J connectivity index is 2.03. The highest BCUT2D eigenvalue weighted by Crippen LogP contribution is 2.42. The van der Waals surface area contributed by atoms with Crippen molar-refractivity contribution in [3.8, 4) is 0 Å². The lowest BCUT2D eigenvalue weighted by atomic mass is 9.82.